The number of rotatable bonds is 6. The molecule has 3 heteroatoms. The van der Waals surface area contributed by atoms with Gasteiger partial charge in [-0.2, -0.15) is 0 Å². The first-order chi connectivity index (χ1) is 8.20. The van der Waals surface area contributed by atoms with Crippen LogP contribution in [0.1, 0.15) is 53.8 Å². The molecule has 0 saturated carbocycles. The van der Waals surface area contributed by atoms with Crippen LogP contribution in [0.4, 0.5) is 0 Å². The van der Waals surface area contributed by atoms with Crippen molar-refractivity contribution in [1.29, 1.82) is 0 Å². The maximum atomic E-state index is 11.9. The molecule has 0 amide bonds. The Bertz CT molecular complexity index is 396. The smallest absolute Gasteiger partial charge is 0.338 e. The van der Waals surface area contributed by atoms with Crippen molar-refractivity contribution in [3.8, 4) is 0 Å². The van der Waals surface area contributed by atoms with Crippen molar-refractivity contribution >= 4 is 11.8 Å². The monoisotopic (exact) mass is 234 g/mol. The van der Waals surface area contributed by atoms with E-state index in [0.29, 0.717) is 24.2 Å². The van der Waals surface area contributed by atoms with Crippen LogP contribution in [0, 0.1) is 0 Å². The minimum absolute atomic E-state index is 0.00973. The van der Waals surface area contributed by atoms with Gasteiger partial charge in [-0.25, -0.2) is 4.79 Å². The Balaban J connectivity index is 2.91. The van der Waals surface area contributed by atoms with Gasteiger partial charge in [0.1, 0.15) is 0 Å². The van der Waals surface area contributed by atoms with Gasteiger partial charge < -0.3 is 4.74 Å². The average molecular weight is 234 g/mol. The molecule has 17 heavy (non-hydrogen) atoms. The average Bonchev–Trinajstić information content (AvgIpc) is 2.36. The number of ketones is 1. The molecule has 0 radical (unpaired) electrons. The molecular weight excluding hydrogens is 216 g/mol. The van der Waals surface area contributed by atoms with Gasteiger partial charge in [-0.1, -0.05) is 31.5 Å². The van der Waals surface area contributed by atoms with Crippen LogP contribution in [-0.4, -0.2) is 18.4 Å². The van der Waals surface area contributed by atoms with Gasteiger partial charge >= 0.3 is 5.97 Å². The molecule has 0 fully saturated rings. The number of hydrogen-bond donors (Lipinski definition) is 0. The molecule has 0 atom stereocenters. The van der Waals surface area contributed by atoms with Crippen LogP contribution in [0.25, 0.3) is 0 Å². The van der Waals surface area contributed by atoms with Crippen molar-refractivity contribution in [3.05, 3.63) is 35.4 Å². The highest BCUT2D eigenvalue weighted by Crippen LogP contribution is 2.14. The molecule has 0 unspecified atom stereocenters. The van der Waals surface area contributed by atoms with Crippen molar-refractivity contribution in [3.63, 3.8) is 0 Å². The summed E-state index contributed by atoms with van der Waals surface area (Å²) in [7, 11) is 0. The van der Waals surface area contributed by atoms with Crippen LogP contribution in [0.15, 0.2) is 24.3 Å². The first kappa shape index (κ1) is 13.4. The predicted molar refractivity (Wildman–Crippen MR) is 66.3 cm³/mol. The van der Waals surface area contributed by atoms with Gasteiger partial charge in [-0.3, -0.25) is 4.79 Å². The molecule has 0 aliphatic heterocycles. The van der Waals surface area contributed by atoms with Crippen LogP contribution in [0.5, 0.6) is 0 Å². The van der Waals surface area contributed by atoms with Crippen LogP contribution < -0.4 is 0 Å². The van der Waals surface area contributed by atoms with Gasteiger partial charge in [0, 0.05) is 12.0 Å². The number of carbonyl (C=O) groups excluding carboxylic acids is 2. The standard InChI is InChI=1S/C14H18O3/c1-3-5-10-13(15)11-8-6-7-9-12(11)14(16)17-4-2/h6-9H,3-5,10H2,1-2H3. The van der Waals surface area contributed by atoms with Gasteiger partial charge in [0.2, 0.25) is 0 Å². The maximum absolute atomic E-state index is 11.9. The van der Waals surface area contributed by atoms with E-state index in [2.05, 4.69) is 0 Å². The molecule has 0 aromatic heterocycles. The van der Waals surface area contributed by atoms with Gasteiger partial charge in [0.05, 0.1) is 12.2 Å². The lowest BCUT2D eigenvalue weighted by molar-refractivity contribution is 0.0523. The number of hydrogen-bond acceptors (Lipinski definition) is 3. The molecule has 0 saturated heterocycles. The summed E-state index contributed by atoms with van der Waals surface area (Å²) in [4.78, 5) is 23.6. The largest absolute Gasteiger partial charge is 0.462 e. The summed E-state index contributed by atoms with van der Waals surface area (Å²) in [6.45, 7) is 4.10. The fraction of sp³-hybridized carbons (Fsp3) is 0.429. The summed E-state index contributed by atoms with van der Waals surface area (Å²) in [5.41, 5.74) is 0.842. The van der Waals surface area contributed by atoms with Crippen LogP contribution in [-0.2, 0) is 4.74 Å². The molecular formula is C14H18O3. The van der Waals surface area contributed by atoms with Crippen LogP contribution >= 0.6 is 0 Å². The second-order valence-corrected chi connectivity index (χ2v) is 3.79. The van der Waals surface area contributed by atoms with E-state index in [9.17, 15) is 9.59 Å². The lowest BCUT2D eigenvalue weighted by atomic mass is 10.00. The molecule has 0 bridgehead atoms. The van der Waals surface area contributed by atoms with E-state index in [1.54, 1.807) is 31.2 Å². The quantitative estimate of drug-likeness (QED) is 0.560. The van der Waals surface area contributed by atoms with E-state index in [-0.39, 0.29) is 5.78 Å². The number of Topliss-reactive ketones (excluding diaryl/α,β-unsaturated/α-hetero) is 1. The molecule has 0 spiro atoms. The van der Waals surface area contributed by atoms with Crippen molar-refractivity contribution < 1.29 is 14.3 Å². The molecule has 92 valence electrons. The number of carbonyl (C=O) groups is 2. The molecule has 1 aromatic carbocycles. The van der Waals surface area contributed by atoms with E-state index in [0.717, 1.165) is 12.8 Å². The number of esters is 1. The Labute approximate surface area is 102 Å². The summed E-state index contributed by atoms with van der Waals surface area (Å²) in [6.07, 6.45) is 2.29. The lowest BCUT2D eigenvalue weighted by Gasteiger charge is -2.07. The third-order valence-electron chi connectivity index (χ3n) is 2.48. The number of ether oxygens (including phenoxy) is 1. The molecule has 0 N–H and O–H groups in total. The minimum atomic E-state index is -0.423. The van der Waals surface area contributed by atoms with Gasteiger partial charge in [-0.05, 0) is 19.4 Å². The highest BCUT2D eigenvalue weighted by molar-refractivity contribution is 6.06. The second kappa shape index (κ2) is 6.84. The predicted octanol–water partition coefficient (Wildman–Crippen LogP) is 3.24. The molecule has 1 aromatic rings. The van der Waals surface area contributed by atoms with E-state index in [1.807, 2.05) is 6.92 Å². The van der Waals surface area contributed by atoms with Crippen LogP contribution in [0.3, 0.4) is 0 Å². The Morgan fingerprint density at radius 2 is 1.76 bits per heavy atom. The SMILES string of the molecule is CCCCC(=O)c1ccccc1C(=O)OCC. The normalized spacial score (nSPS) is 10.0. The third kappa shape index (κ3) is 3.70. The fourth-order valence-electron chi connectivity index (χ4n) is 1.59. The highest BCUT2D eigenvalue weighted by Gasteiger charge is 2.16. The van der Waals surface area contributed by atoms with Crippen molar-refractivity contribution in [2.45, 2.75) is 33.1 Å². The molecule has 0 heterocycles. The lowest BCUT2D eigenvalue weighted by Crippen LogP contribution is -2.11. The zero-order valence-electron chi connectivity index (χ0n) is 10.4. The number of unbranched alkanes of at least 4 members (excludes halogenated alkanes) is 1. The summed E-state index contributed by atoms with van der Waals surface area (Å²) in [5.74, 6) is -0.413. The Kier molecular flexibility index (Phi) is 5.40. The zero-order chi connectivity index (χ0) is 12.7. The van der Waals surface area contributed by atoms with E-state index in [1.165, 1.54) is 0 Å². The molecule has 1 rings (SSSR count). The van der Waals surface area contributed by atoms with Crippen molar-refractivity contribution in [2.24, 2.45) is 0 Å². The van der Waals surface area contributed by atoms with E-state index < -0.39 is 5.97 Å². The van der Waals surface area contributed by atoms with E-state index >= 15 is 0 Å². The topological polar surface area (TPSA) is 43.4 Å². The first-order valence-corrected chi connectivity index (χ1v) is 6.00. The molecule has 3 nitrogen and oxygen atoms in total. The second-order valence-electron chi connectivity index (χ2n) is 3.79. The third-order valence-corrected chi connectivity index (χ3v) is 2.48. The Morgan fingerprint density at radius 3 is 2.35 bits per heavy atom. The molecule has 0 aliphatic rings. The summed E-state index contributed by atoms with van der Waals surface area (Å²) in [6, 6.07) is 6.83. The fourth-order valence-corrected chi connectivity index (χ4v) is 1.59. The Hall–Kier alpha value is -1.64. The highest BCUT2D eigenvalue weighted by atomic mass is 16.5. The minimum Gasteiger partial charge on any atom is -0.462 e. The first-order valence-electron chi connectivity index (χ1n) is 6.00. The summed E-state index contributed by atoms with van der Waals surface area (Å²) in [5, 5.41) is 0. The van der Waals surface area contributed by atoms with Crippen molar-refractivity contribution in [2.75, 3.05) is 6.61 Å². The molecule has 0 aliphatic carbocycles. The summed E-state index contributed by atoms with van der Waals surface area (Å²) < 4.78 is 4.93. The van der Waals surface area contributed by atoms with E-state index in [4.69, 9.17) is 4.74 Å². The van der Waals surface area contributed by atoms with Gasteiger partial charge in [0.15, 0.2) is 5.78 Å². The van der Waals surface area contributed by atoms with Crippen LogP contribution in [0.2, 0.25) is 0 Å². The zero-order valence-corrected chi connectivity index (χ0v) is 10.4. The van der Waals surface area contributed by atoms with Gasteiger partial charge in [0.25, 0.3) is 0 Å². The number of benzene rings is 1. The Morgan fingerprint density at radius 1 is 1.12 bits per heavy atom. The maximum Gasteiger partial charge on any atom is 0.338 e. The van der Waals surface area contributed by atoms with Crippen molar-refractivity contribution in [1.82, 2.24) is 0 Å². The van der Waals surface area contributed by atoms with Gasteiger partial charge in [-0.15, -0.1) is 0 Å². The summed E-state index contributed by atoms with van der Waals surface area (Å²) >= 11 is 0.